The van der Waals surface area contributed by atoms with E-state index in [0.29, 0.717) is 17.3 Å². The molecule has 6 heteroatoms. The maximum atomic E-state index is 13.6. The van der Waals surface area contributed by atoms with Gasteiger partial charge >= 0.3 is 0 Å². The average molecular weight is 300 g/mol. The number of carbonyl (C=O) groups excluding carboxylic acids is 1. The first-order valence-electron chi connectivity index (χ1n) is 6.40. The van der Waals surface area contributed by atoms with Crippen LogP contribution in [0.4, 0.5) is 14.5 Å². The minimum absolute atomic E-state index is 0.0464. The van der Waals surface area contributed by atoms with Gasteiger partial charge in [0.05, 0.1) is 5.69 Å². The van der Waals surface area contributed by atoms with Crippen LogP contribution in [0.15, 0.2) is 59.3 Å². The Morgan fingerprint density at radius 3 is 2.59 bits per heavy atom. The largest absolute Gasteiger partial charge is 0.438 e. The maximum Gasteiger partial charge on any atom is 0.293 e. The highest BCUT2D eigenvalue weighted by Crippen LogP contribution is 2.23. The minimum atomic E-state index is -0.867. The van der Waals surface area contributed by atoms with Gasteiger partial charge in [0.15, 0.2) is 6.39 Å². The predicted octanol–water partition coefficient (Wildman–Crippen LogP) is 3.87. The summed E-state index contributed by atoms with van der Waals surface area (Å²) in [6.45, 7) is 0. The standard InChI is InChI=1S/C16H10F2N2O2/c17-11-6-7-13(12(18)8-11)20-16(21)15-14(19-9-22-15)10-4-2-1-3-5-10/h1-9H,(H,20,21). The number of rotatable bonds is 3. The SMILES string of the molecule is O=C(Nc1ccc(F)cc1F)c1ocnc1-c1ccccc1. The molecule has 110 valence electrons. The van der Waals surface area contributed by atoms with Crippen LogP contribution in [0, 0.1) is 11.6 Å². The maximum absolute atomic E-state index is 13.6. The Bertz CT molecular complexity index is 816. The Hall–Kier alpha value is -3.02. The fraction of sp³-hybridized carbons (Fsp3) is 0. The monoisotopic (exact) mass is 300 g/mol. The van der Waals surface area contributed by atoms with Gasteiger partial charge in [0, 0.05) is 11.6 Å². The Balaban J connectivity index is 1.89. The van der Waals surface area contributed by atoms with Crippen molar-refractivity contribution in [2.45, 2.75) is 0 Å². The van der Waals surface area contributed by atoms with Gasteiger partial charge < -0.3 is 9.73 Å². The fourth-order valence-corrected chi connectivity index (χ4v) is 1.98. The normalized spacial score (nSPS) is 10.5. The van der Waals surface area contributed by atoms with Crippen molar-refractivity contribution >= 4 is 11.6 Å². The van der Waals surface area contributed by atoms with Crippen molar-refractivity contribution in [1.29, 1.82) is 0 Å². The fourth-order valence-electron chi connectivity index (χ4n) is 1.98. The van der Waals surface area contributed by atoms with Crippen LogP contribution in [-0.2, 0) is 0 Å². The molecule has 22 heavy (non-hydrogen) atoms. The van der Waals surface area contributed by atoms with E-state index in [1.165, 1.54) is 0 Å². The number of nitrogens with zero attached hydrogens (tertiary/aromatic N) is 1. The molecule has 0 aliphatic heterocycles. The van der Waals surface area contributed by atoms with Crippen LogP contribution in [0.25, 0.3) is 11.3 Å². The first-order chi connectivity index (χ1) is 10.6. The summed E-state index contributed by atoms with van der Waals surface area (Å²) in [6, 6.07) is 11.8. The molecule has 0 bridgehead atoms. The van der Waals surface area contributed by atoms with Gasteiger partial charge in [-0.05, 0) is 12.1 Å². The van der Waals surface area contributed by atoms with E-state index in [1.54, 1.807) is 24.3 Å². The van der Waals surface area contributed by atoms with Crippen LogP contribution in [0.1, 0.15) is 10.6 Å². The summed E-state index contributed by atoms with van der Waals surface area (Å²) < 4.78 is 31.5. The first kappa shape index (κ1) is 13.9. The smallest absolute Gasteiger partial charge is 0.293 e. The second kappa shape index (κ2) is 5.77. The highest BCUT2D eigenvalue weighted by molar-refractivity contribution is 6.05. The number of nitrogens with one attached hydrogen (secondary N) is 1. The van der Waals surface area contributed by atoms with Crippen LogP contribution in [0.5, 0.6) is 0 Å². The van der Waals surface area contributed by atoms with Gasteiger partial charge in [-0.1, -0.05) is 30.3 Å². The zero-order chi connectivity index (χ0) is 15.5. The molecule has 0 fully saturated rings. The molecule has 1 N–H and O–H groups in total. The lowest BCUT2D eigenvalue weighted by atomic mass is 10.1. The summed E-state index contributed by atoms with van der Waals surface area (Å²) in [5.41, 5.74) is 0.906. The van der Waals surface area contributed by atoms with Gasteiger partial charge in [0.2, 0.25) is 5.76 Å². The highest BCUT2D eigenvalue weighted by atomic mass is 19.1. The van der Waals surface area contributed by atoms with Crippen molar-refractivity contribution in [3.63, 3.8) is 0 Å². The number of oxazole rings is 1. The van der Waals surface area contributed by atoms with Crippen LogP contribution in [0.3, 0.4) is 0 Å². The van der Waals surface area contributed by atoms with Gasteiger partial charge in [-0.25, -0.2) is 13.8 Å². The Morgan fingerprint density at radius 2 is 1.86 bits per heavy atom. The number of amides is 1. The summed E-state index contributed by atoms with van der Waals surface area (Å²) in [5, 5.41) is 2.34. The number of anilines is 1. The first-order valence-corrected chi connectivity index (χ1v) is 6.40. The van der Waals surface area contributed by atoms with Gasteiger partial charge in [0.1, 0.15) is 17.3 Å². The van der Waals surface area contributed by atoms with Gasteiger partial charge in [-0.3, -0.25) is 4.79 Å². The summed E-state index contributed by atoms with van der Waals surface area (Å²) in [5.74, 6) is -2.30. The zero-order valence-corrected chi connectivity index (χ0v) is 11.2. The van der Waals surface area contributed by atoms with Crippen LogP contribution in [0.2, 0.25) is 0 Å². The van der Waals surface area contributed by atoms with Crippen molar-refractivity contribution in [3.05, 3.63) is 72.3 Å². The number of halogens is 2. The van der Waals surface area contributed by atoms with E-state index in [9.17, 15) is 13.6 Å². The summed E-state index contributed by atoms with van der Waals surface area (Å²) in [4.78, 5) is 16.2. The van der Waals surface area contributed by atoms with E-state index in [4.69, 9.17) is 4.42 Å². The molecule has 1 heterocycles. The second-order valence-electron chi connectivity index (χ2n) is 4.47. The average Bonchev–Trinajstić information content (AvgIpc) is 3.00. The molecule has 1 aromatic heterocycles. The Morgan fingerprint density at radius 1 is 1.09 bits per heavy atom. The lowest BCUT2D eigenvalue weighted by Gasteiger charge is -2.05. The number of carbonyl (C=O) groups is 1. The molecule has 2 aromatic carbocycles. The molecule has 0 saturated heterocycles. The van der Waals surface area contributed by atoms with E-state index < -0.39 is 17.5 Å². The van der Waals surface area contributed by atoms with Gasteiger partial charge in [-0.15, -0.1) is 0 Å². The molecular weight excluding hydrogens is 290 g/mol. The third-order valence-electron chi connectivity index (χ3n) is 3.00. The van der Waals surface area contributed by atoms with Crippen molar-refractivity contribution in [3.8, 4) is 11.3 Å². The minimum Gasteiger partial charge on any atom is -0.438 e. The van der Waals surface area contributed by atoms with Crippen molar-refractivity contribution in [2.75, 3.05) is 5.32 Å². The summed E-state index contributed by atoms with van der Waals surface area (Å²) in [6.07, 6.45) is 1.14. The van der Waals surface area contributed by atoms with E-state index in [1.807, 2.05) is 6.07 Å². The molecular formula is C16H10F2N2O2. The molecule has 0 aliphatic carbocycles. The molecule has 0 spiro atoms. The molecule has 1 amide bonds. The number of benzene rings is 2. The van der Waals surface area contributed by atoms with E-state index in [-0.39, 0.29) is 11.4 Å². The molecule has 0 saturated carbocycles. The topological polar surface area (TPSA) is 55.1 Å². The Kier molecular flexibility index (Phi) is 3.65. The number of hydrogen-bond acceptors (Lipinski definition) is 3. The zero-order valence-electron chi connectivity index (χ0n) is 11.2. The van der Waals surface area contributed by atoms with Gasteiger partial charge in [0.25, 0.3) is 5.91 Å². The summed E-state index contributed by atoms with van der Waals surface area (Å²) >= 11 is 0. The molecule has 0 atom stereocenters. The van der Waals surface area contributed by atoms with Crippen LogP contribution >= 0.6 is 0 Å². The van der Waals surface area contributed by atoms with Crippen LogP contribution in [-0.4, -0.2) is 10.9 Å². The molecule has 4 nitrogen and oxygen atoms in total. The van der Waals surface area contributed by atoms with E-state index in [2.05, 4.69) is 10.3 Å². The van der Waals surface area contributed by atoms with Gasteiger partial charge in [-0.2, -0.15) is 0 Å². The Labute approximate surface area is 124 Å². The van der Waals surface area contributed by atoms with Crippen molar-refractivity contribution < 1.29 is 18.0 Å². The quantitative estimate of drug-likeness (QED) is 0.798. The molecule has 3 aromatic rings. The number of aromatic nitrogens is 1. The highest BCUT2D eigenvalue weighted by Gasteiger charge is 2.19. The third-order valence-corrected chi connectivity index (χ3v) is 3.00. The van der Waals surface area contributed by atoms with Crippen LogP contribution < -0.4 is 5.32 Å². The predicted molar refractivity (Wildman–Crippen MR) is 76.3 cm³/mol. The summed E-state index contributed by atoms with van der Waals surface area (Å²) in [7, 11) is 0. The lowest BCUT2D eigenvalue weighted by molar-refractivity contribution is 0.0997. The lowest BCUT2D eigenvalue weighted by Crippen LogP contribution is -2.13. The van der Waals surface area contributed by atoms with Crippen molar-refractivity contribution in [2.24, 2.45) is 0 Å². The molecule has 0 aliphatic rings. The molecule has 0 radical (unpaired) electrons. The molecule has 3 rings (SSSR count). The third kappa shape index (κ3) is 2.71. The van der Waals surface area contributed by atoms with E-state index >= 15 is 0 Å². The molecule has 0 unspecified atom stereocenters. The second-order valence-corrected chi connectivity index (χ2v) is 4.47. The van der Waals surface area contributed by atoms with E-state index in [0.717, 1.165) is 18.5 Å². The van der Waals surface area contributed by atoms with Crippen molar-refractivity contribution in [1.82, 2.24) is 4.98 Å². The number of hydrogen-bond donors (Lipinski definition) is 1.